The summed E-state index contributed by atoms with van der Waals surface area (Å²) in [4.78, 5) is 0. The van der Waals surface area contributed by atoms with Crippen molar-refractivity contribution < 1.29 is 9.13 Å². The van der Waals surface area contributed by atoms with E-state index in [1.54, 1.807) is 12.1 Å². The van der Waals surface area contributed by atoms with Gasteiger partial charge in [-0.2, -0.15) is 0 Å². The maximum absolute atomic E-state index is 13.6. The molecule has 0 aromatic heterocycles. The first-order chi connectivity index (χ1) is 7.68. The summed E-state index contributed by atoms with van der Waals surface area (Å²) >= 11 is 0. The number of halogens is 1. The topological polar surface area (TPSA) is 21.3 Å². The molecule has 0 radical (unpaired) electrons. The Balaban J connectivity index is 2.13. The van der Waals surface area contributed by atoms with Crippen molar-refractivity contribution in [2.75, 3.05) is 13.1 Å². The monoisotopic (exact) mass is 223 g/mol. The number of rotatable bonds is 2. The van der Waals surface area contributed by atoms with Crippen LogP contribution in [0, 0.1) is 11.7 Å². The van der Waals surface area contributed by atoms with Crippen molar-refractivity contribution in [2.45, 2.75) is 26.1 Å². The molecule has 2 nitrogen and oxygen atoms in total. The van der Waals surface area contributed by atoms with Crippen molar-refractivity contribution in [3.63, 3.8) is 0 Å². The molecule has 1 aliphatic rings. The Hall–Kier alpha value is -0.930. The predicted molar refractivity (Wildman–Crippen MR) is 61.7 cm³/mol. The van der Waals surface area contributed by atoms with Gasteiger partial charge in [0.1, 0.15) is 5.82 Å². The summed E-state index contributed by atoms with van der Waals surface area (Å²) < 4.78 is 19.5. The van der Waals surface area contributed by atoms with Gasteiger partial charge in [-0.05, 0) is 12.0 Å². The minimum atomic E-state index is -0.182. The zero-order chi connectivity index (χ0) is 11.5. The highest BCUT2D eigenvalue weighted by molar-refractivity contribution is 5.20. The molecule has 2 atom stereocenters. The van der Waals surface area contributed by atoms with Gasteiger partial charge in [0.2, 0.25) is 0 Å². The minimum Gasteiger partial charge on any atom is -0.367 e. The van der Waals surface area contributed by atoms with Gasteiger partial charge in [-0.25, -0.2) is 4.39 Å². The Labute approximate surface area is 95.8 Å². The fourth-order valence-corrected chi connectivity index (χ4v) is 1.98. The average Bonchev–Trinajstić information content (AvgIpc) is 2.30. The number of morpholine rings is 1. The normalized spacial score (nSPS) is 26.0. The molecule has 1 N–H and O–H groups in total. The summed E-state index contributed by atoms with van der Waals surface area (Å²) in [6.45, 7) is 5.78. The summed E-state index contributed by atoms with van der Waals surface area (Å²) in [6.07, 6.45) is 0.000654. The highest BCUT2D eigenvalue weighted by atomic mass is 19.1. The van der Waals surface area contributed by atoms with Crippen LogP contribution >= 0.6 is 0 Å². The second-order valence-corrected chi connectivity index (χ2v) is 4.59. The molecule has 2 unspecified atom stereocenters. The van der Waals surface area contributed by atoms with Crippen molar-refractivity contribution >= 4 is 0 Å². The summed E-state index contributed by atoms with van der Waals surface area (Å²) in [7, 11) is 0. The third kappa shape index (κ3) is 2.42. The summed E-state index contributed by atoms with van der Waals surface area (Å²) in [5.74, 6) is 0.265. The second kappa shape index (κ2) is 4.93. The van der Waals surface area contributed by atoms with Gasteiger partial charge in [-0.1, -0.05) is 32.0 Å². The number of hydrogen-bond donors (Lipinski definition) is 1. The molecule has 1 fully saturated rings. The van der Waals surface area contributed by atoms with Crippen LogP contribution in [0.2, 0.25) is 0 Å². The lowest BCUT2D eigenvalue weighted by atomic mass is 10.0. The summed E-state index contributed by atoms with van der Waals surface area (Å²) in [5, 5.41) is 3.30. The molecule has 88 valence electrons. The Morgan fingerprint density at radius 1 is 1.31 bits per heavy atom. The number of hydrogen-bond acceptors (Lipinski definition) is 2. The van der Waals surface area contributed by atoms with Crippen LogP contribution in [0.3, 0.4) is 0 Å². The van der Waals surface area contributed by atoms with Gasteiger partial charge in [0.15, 0.2) is 0 Å². The predicted octanol–water partition coefficient (Wildman–Crippen LogP) is 2.51. The second-order valence-electron chi connectivity index (χ2n) is 4.59. The van der Waals surface area contributed by atoms with E-state index in [9.17, 15) is 4.39 Å². The van der Waals surface area contributed by atoms with E-state index in [1.165, 1.54) is 6.07 Å². The van der Waals surface area contributed by atoms with Gasteiger partial charge in [-0.15, -0.1) is 0 Å². The van der Waals surface area contributed by atoms with Gasteiger partial charge in [0.25, 0.3) is 0 Å². The highest BCUT2D eigenvalue weighted by Gasteiger charge is 2.26. The van der Waals surface area contributed by atoms with E-state index in [4.69, 9.17) is 4.74 Å². The molecule has 1 aliphatic heterocycles. The van der Waals surface area contributed by atoms with Crippen molar-refractivity contribution in [2.24, 2.45) is 5.92 Å². The Morgan fingerprint density at radius 3 is 2.75 bits per heavy atom. The first kappa shape index (κ1) is 11.6. The van der Waals surface area contributed by atoms with Crippen molar-refractivity contribution in [1.82, 2.24) is 5.32 Å². The van der Waals surface area contributed by atoms with E-state index in [0.717, 1.165) is 6.54 Å². The minimum absolute atomic E-state index is 0.164. The molecule has 1 heterocycles. The van der Waals surface area contributed by atoms with Crippen LogP contribution < -0.4 is 5.32 Å². The lowest BCUT2D eigenvalue weighted by Crippen LogP contribution is -2.43. The number of ether oxygens (including phenoxy) is 1. The van der Waals surface area contributed by atoms with E-state index in [1.807, 2.05) is 6.07 Å². The van der Waals surface area contributed by atoms with Crippen molar-refractivity contribution in [3.8, 4) is 0 Å². The van der Waals surface area contributed by atoms with Crippen LogP contribution in [0.5, 0.6) is 0 Å². The van der Waals surface area contributed by atoms with E-state index in [0.29, 0.717) is 18.0 Å². The molecule has 0 spiro atoms. The zero-order valence-corrected chi connectivity index (χ0v) is 9.74. The maximum Gasteiger partial charge on any atom is 0.129 e. The summed E-state index contributed by atoms with van der Waals surface area (Å²) in [5.41, 5.74) is 0.653. The first-order valence-electron chi connectivity index (χ1n) is 5.79. The van der Waals surface area contributed by atoms with E-state index in [2.05, 4.69) is 19.2 Å². The molecular weight excluding hydrogens is 205 g/mol. The lowest BCUT2D eigenvalue weighted by molar-refractivity contribution is -0.0616. The van der Waals surface area contributed by atoms with E-state index < -0.39 is 0 Å². The largest absolute Gasteiger partial charge is 0.367 e. The molecule has 0 amide bonds. The van der Waals surface area contributed by atoms with E-state index >= 15 is 0 Å². The van der Waals surface area contributed by atoms with Gasteiger partial charge in [0.05, 0.1) is 12.2 Å². The first-order valence-corrected chi connectivity index (χ1v) is 5.79. The maximum atomic E-state index is 13.6. The Bertz CT molecular complexity index is 354. The highest BCUT2D eigenvalue weighted by Crippen LogP contribution is 2.25. The van der Waals surface area contributed by atoms with Crippen LogP contribution in [-0.2, 0) is 4.74 Å². The molecule has 0 bridgehead atoms. The fourth-order valence-electron chi connectivity index (χ4n) is 1.98. The van der Waals surface area contributed by atoms with Crippen LogP contribution in [0.25, 0.3) is 0 Å². The molecule has 0 saturated carbocycles. The van der Waals surface area contributed by atoms with Crippen LogP contribution in [0.4, 0.5) is 4.39 Å². The SMILES string of the molecule is CC(C)C1CNCC(c2ccccc2F)O1. The number of nitrogens with one attached hydrogen (secondary N) is 1. The molecular formula is C13H18FNO. The molecule has 1 aromatic carbocycles. The summed E-state index contributed by atoms with van der Waals surface area (Å²) in [6, 6.07) is 6.83. The third-order valence-corrected chi connectivity index (χ3v) is 3.01. The molecule has 1 saturated heterocycles. The van der Waals surface area contributed by atoms with Gasteiger partial charge in [0, 0.05) is 18.7 Å². The van der Waals surface area contributed by atoms with Gasteiger partial charge in [-0.3, -0.25) is 0 Å². The standard InChI is InChI=1S/C13H18FNO/c1-9(2)12-7-15-8-13(16-12)10-5-3-4-6-11(10)14/h3-6,9,12-13,15H,7-8H2,1-2H3. The fraction of sp³-hybridized carbons (Fsp3) is 0.538. The van der Waals surface area contributed by atoms with Gasteiger partial charge >= 0.3 is 0 Å². The van der Waals surface area contributed by atoms with Crippen LogP contribution in [0.1, 0.15) is 25.5 Å². The third-order valence-electron chi connectivity index (χ3n) is 3.01. The van der Waals surface area contributed by atoms with Crippen LogP contribution in [-0.4, -0.2) is 19.2 Å². The zero-order valence-electron chi connectivity index (χ0n) is 9.74. The van der Waals surface area contributed by atoms with Gasteiger partial charge < -0.3 is 10.1 Å². The lowest BCUT2D eigenvalue weighted by Gasteiger charge is -2.33. The van der Waals surface area contributed by atoms with Crippen molar-refractivity contribution in [3.05, 3.63) is 35.6 Å². The Kier molecular flexibility index (Phi) is 3.56. The van der Waals surface area contributed by atoms with Crippen molar-refractivity contribution in [1.29, 1.82) is 0 Å². The molecule has 1 aromatic rings. The molecule has 0 aliphatic carbocycles. The molecule has 3 heteroatoms. The Morgan fingerprint density at radius 2 is 2.06 bits per heavy atom. The molecule has 2 rings (SSSR count). The van der Waals surface area contributed by atoms with Crippen LogP contribution in [0.15, 0.2) is 24.3 Å². The van der Waals surface area contributed by atoms with E-state index in [-0.39, 0.29) is 18.0 Å². The quantitative estimate of drug-likeness (QED) is 0.831. The molecule has 16 heavy (non-hydrogen) atoms. The smallest absolute Gasteiger partial charge is 0.129 e. The number of benzene rings is 1. The average molecular weight is 223 g/mol.